The molecule has 0 atom stereocenters. The topological polar surface area (TPSA) is 37.3 Å². The van der Waals surface area contributed by atoms with Gasteiger partial charge in [0.2, 0.25) is 0 Å². The first-order valence-corrected chi connectivity index (χ1v) is 22.0. The van der Waals surface area contributed by atoms with Crippen LogP contribution in [-0.4, -0.2) is 10.9 Å². The number of carbonyl (C=O) groups is 1. The van der Waals surface area contributed by atoms with Crippen molar-refractivity contribution in [3.8, 4) is 5.75 Å². The summed E-state index contributed by atoms with van der Waals surface area (Å²) in [5.41, 5.74) is 0.377. The van der Waals surface area contributed by atoms with E-state index in [0.717, 1.165) is 0 Å². The molecule has 16 heavy (non-hydrogen) atoms. The predicted octanol–water partition coefficient (Wildman–Crippen LogP) is 5.04. The van der Waals surface area contributed by atoms with Gasteiger partial charge in [-0.1, -0.05) is 12.1 Å². The van der Waals surface area contributed by atoms with Crippen LogP contribution < -0.4 is 0 Å². The van der Waals surface area contributed by atoms with E-state index < -0.39 is 9.60 Å². The van der Waals surface area contributed by atoms with Crippen molar-refractivity contribution in [1.29, 1.82) is 0 Å². The average Bonchev–Trinajstić information content (AvgIpc) is 1.99. The first-order chi connectivity index (χ1) is 6.95. The van der Waals surface area contributed by atoms with Gasteiger partial charge in [-0.15, -0.1) is 0 Å². The third-order valence-corrected chi connectivity index (χ3v) is 1.28. The quantitative estimate of drug-likeness (QED) is 0.553. The molecule has 0 aliphatic heterocycles. The molecule has 0 radical (unpaired) electrons. The number of rotatable bonds is 1. The van der Waals surface area contributed by atoms with Crippen LogP contribution in [-0.2, 0) is 9.60 Å². The van der Waals surface area contributed by atoms with E-state index in [0.29, 0.717) is 5.56 Å². The molecule has 1 aromatic rings. The summed E-state index contributed by atoms with van der Waals surface area (Å²) in [5, 5.41) is 9.06. The number of phenols is 1. The fraction of sp³-hybridized carbons (Fsp3) is 0.125. The summed E-state index contributed by atoms with van der Waals surface area (Å²) in [7, 11) is 20.9. The Morgan fingerprint density at radius 3 is 1.75 bits per heavy atom. The summed E-state index contributed by atoms with van der Waals surface area (Å²) in [6.45, 7) is 1.43. The van der Waals surface area contributed by atoms with E-state index in [1.807, 2.05) is 0 Å². The number of aromatic hydroxyl groups is 1. The molecule has 0 saturated carbocycles. The Balaban J connectivity index is 0.000000325. The van der Waals surface area contributed by atoms with Gasteiger partial charge < -0.3 is 5.11 Å². The van der Waals surface area contributed by atoms with Crippen LogP contribution in [0.3, 0.4) is 0 Å². The molecule has 2 nitrogen and oxygen atoms in total. The second-order valence-corrected chi connectivity index (χ2v) is 45.0. The zero-order valence-electron chi connectivity index (χ0n) is 7.96. The number of halogens is 5. The summed E-state index contributed by atoms with van der Waals surface area (Å²) in [4.78, 5) is 10.7. The van der Waals surface area contributed by atoms with Crippen LogP contribution >= 0.6 is 47.1 Å². The molecular weight excluding hydrogens is 489 g/mol. The van der Waals surface area contributed by atoms with Crippen LogP contribution in [0, 0.1) is 0 Å². The van der Waals surface area contributed by atoms with Crippen LogP contribution in [0.1, 0.15) is 17.3 Å². The van der Waals surface area contributed by atoms with Crippen LogP contribution in [0.5, 0.6) is 5.75 Å². The second kappa shape index (κ2) is 6.13. The normalized spacial score (nSPS) is 13.0. The van der Waals surface area contributed by atoms with Gasteiger partial charge in [0.15, 0.2) is 5.78 Å². The maximum absolute atomic E-state index is 10.7. The number of hydrogen-bond acceptors (Lipinski definition) is 2. The standard InChI is InChI=1S/C8H8O2.5ClH.W/c1-6(9)7-4-2-3-5-8(7)10;;;;;;/h2-5,10H,1H3;5*1H;/q;;;;;;+5/p-5. The molecule has 0 aromatic heterocycles. The third-order valence-electron chi connectivity index (χ3n) is 1.28. The molecule has 0 heterocycles. The van der Waals surface area contributed by atoms with Crippen molar-refractivity contribution in [1.82, 2.24) is 0 Å². The molecule has 0 aliphatic carbocycles. The predicted molar refractivity (Wildman–Crippen MR) is 67.4 cm³/mol. The number of Topliss-reactive ketones (excluding diaryl/α,β-unsaturated/α-hetero) is 1. The molecule has 8 heteroatoms. The summed E-state index contributed by atoms with van der Waals surface area (Å²) in [5.74, 6) is -0.0619. The third kappa shape index (κ3) is 11.3. The van der Waals surface area contributed by atoms with E-state index in [1.54, 1.807) is 18.2 Å². The van der Waals surface area contributed by atoms with Crippen molar-refractivity contribution >= 4 is 52.9 Å². The Kier molecular flexibility index (Phi) is 6.45. The van der Waals surface area contributed by atoms with Gasteiger partial charge in [0.25, 0.3) is 0 Å². The Morgan fingerprint density at radius 2 is 1.50 bits per heavy atom. The van der Waals surface area contributed by atoms with Crippen molar-refractivity contribution in [2.45, 2.75) is 6.92 Å². The van der Waals surface area contributed by atoms with E-state index in [2.05, 4.69) is 0 Å². The zero-order chi connectivity index (χ0) is 13.0. The number of para-hydroxylation sites is 1. The first kappa shape index (κ1) is 16.8. The number of ketones is 1. The molecule has 1 aromatic carbocycles. The monoisotopic (exact) mass is 495 g/mol. The molecule has 0 amide bonds. The molecule has 0 unspecified atom stereocenters. The van der Waals surface area contributed by atoms with Gasteiger partial charge in [-0.3, -0.25) is 4.79 Å². The molecule has 1 rings (SSSR count). The zero-order valence-corrected chi connectivity index (χ0v) is 14.7. The summed E-state index contributed by atoms with van der Waals surface area (Å²) in [6.07, 6.45) is 0. The molecule has 1 N–H and O–H groups in total. The van der Waals surface area contributed by atoms with E-state index in [-0.39, 0.29) is 11.5 Å². The Morgan fingerprint density at radius 1 is 1.12 bits per heavy atom. The molecule has 0 aliphatic rings. The number of phenolic OH excluding ortho intramolecular Hbond substituents is 1. The minimum atomic E-state index is -4.39. The van der Waals surface area contributed by atoms with Crippen molar-refractivity contribution in [3.63, 3.8) is 0 Å². The number of benzene rings is 1. The van der Waals surface area contributed by atoms with Crippen LogP contribution in [0.2, 0.25) is 0 Å². The van der Waals surface area contributed by atoms with Gasteiger partial charge in [0, 0.05) is 0 Å². The van der Waals surface area contributed by atoms with Gasteiger partial charge in [0.1, 0.15) is 5.75 Å². The van der Waals surface area contributed by atoms with Crippen LogP contribution in [0.25, 0.3) is 0 Å². The van der Waals surface area contributed by atoms with Crippen LogP contribution in [0.4, 0.5) is 0 Å². The van der Waals surface area contributed by atoms with Gasteiger partial charge in [-0.25, -0.2) is 0 Å². The van der Waals surface area contributed by atoms with E-state index in [4.69, 9.17) is 52.2 Å². The van der Waals surface area contributed by atoms with Gasteiger partial charge in [-0.05, 0) is 19.1 Å². The summed E-state index contributed by atoms with van der Waals surface area (Å²) >= 11 is 0. The van der Waals surface area contributed by atoms with E-state index >= 15 is 0 Å². The molecule has 0 saturated heterocycles. The summed E-state index contributed by atoms with van der Waals surface area (Å²) in [6, 6.07) is 6.49. The maximum atomic E-state index is 10.7. The van der Waals surface area contributed by atoms with E-state index in [1.165, 1.54) is 13.0 Å². The fourth-order valence-electron chi connectivity index (χ4n) is 0.771. The Hall–Kier alpha value is 0.828. The summed E-state index contributed by atoms with van der Waals surface area (Å²) < 4.78 is 0. The minimum absolute atomic E-state index is 0.0509. The molecule has 0 bridgehead atoms. The molecule has 0 spiro atoms. The Bertz CT molecular complexity index is 369. The molecule has 0 fully saturated rings. The van der Waals surface area contributed by atoms with Crippen molar-refractivity contribution in [2.24, 2.45) is 0 Å². The van der Waals surface area contributed by atoms with Crippen molar-refractivity contribution < 1.29 is 19.5 Å². The number of carbonyl (C=O) groups excluding carboxylic acids is 1. The van der Waals surface area contributed by atoms with Crippen molar-refractivity contribution in [2.75, 3.05) is 0 Å². The first-order valence-electron chi connectivity index (χ1n) is 3.78. The molecule has 93 valence electrons. The number of hydrogen-bond donors (Lipinski definition) is 1. The van der Waals surface area contributed by atoms with E-state index in [9.17, 15) is 4.79 Å². The van der Waals surface area contributed by atoms with Crippen molar-refractivity contribution in [3.05, 3.63) is 29.8 Å². The second-order valence-electron chi connectivity index (χ2n) is 2.66. The average molecular weight is 497 g/mol. The SMILES string of the molecule is CC(=O)c1ccccc1O.[Cl][W]([Cl])([Cl])([Cl])[Cl]. The van der Waals surface area contributed by atoms with Gasteiger partial charge in [-0.2, -0.15) is 0 Å². The molecular formula is C8H8Cl5O2W. The van der Waals surface area contributed by atoms with Gasteiger partial charge in [0.05, 0.1) is 5.56 Å². The fourth-order valence-corrected chi connectivity index (χ4v) is 0.771. The Labute approximate surface area is 114 Å². The van der Waals surface area contributed by atoms with Crippen LogP contribution in [0.15, 0.2) is 24.3 Å². The van der Waals surface area contributed by atoms with Gasteiger partial charge >= 0.3 is 56.7 Å².